The molecular weight excluding hydrogens is 258 g/mol. The smallest absolute Gasteiger partial charge is 0.119 e. The molecule has 2 N–H and O–H groups in total. The van der Waals surface area contributed by atoms with Crippen molar-refractivity contribution >= 4 is 11.8 Å². The van der Waals surface area contributed by atoms with Gasteiger partial charge in [0.25, 0.3) is 0 Å². The van der Waals surface area contributed by atoms with Crippen molar-refractivity contribution in [3.05, 3.63) is 29.8 Å². The van der Waals surface area contributed by atoms with Crippen molar-refractivity contribution in [1.29, 1.82) is 0 Å². The molecule has 1 aromatic carbocycles. The molecule has 108 valence electrons. The van der Waals surface area contributed by atoms with E-state index in [1.54, 1.807) is 0 Å². The van der Waals surface area contributed by atoms with Gasteiger partial charge in [-0.1, -0.05) is 17.7 Å². The molecule has 1 aromatic rings. The maximum absolute atomic E-state index is 9.78. The summed E-state index contributed by atoms with van der Waals surface area (Å²) >= 11 is 1.88. The Morgan fingerprint density at radius 3 is 2.68 bits per heavy atom. The molecule has 0 fully saturated rings. The van der Waals surface area contributed by atoms with Crippen LogP contribution in [-0.4, -0.2) is 42.9 Å². The van der Waals surface area contributed by atoms with Crippen LogP contribution in [0.2, 0.25) is 0 Å². The molecular formula is C15H25NO2S. The van der Waals surface area contributed by atoms with Gasteiger partial charge in [-0.15, -0.1) is 0 Å². The third-order valence-corrected chi connectivity index (χ3v) is 3.49. The van der Waals surface area contributed by atoms with Gasteiger partial charge < -0.3 is 15.2 Å². The number of hydrogen-bond donors (Lipinski definition) is 2. The number of ether oxygens (including phenoxy) is 1. The minimum Gasteiger partial charge on any atom is -0.491 e. The quantitative estimate of drug-likeness (QED) is 0.647. The minimum absolute atomic E-state index is 0.334. The van der Waals surface area contributed by atoms with Crippen LogP contribution >= 0.6 is 11.8 Å². The maximum Gasteiger partial charge on any atom is 0.119 e. The van der Waals surface area contributed by atoms with E-state index >= 15 is 0 Å². The van der Waals surface area contributed by atoms with Gasteiger partial charge in [0, 0.05) is 6.54 Å². The Morgan fingerprint density at radius 1 is 1.26 bits per heavy atom. The number of aryl methyl sites for hydroxylation is 1. The number of aliphatic hydroxyl groups excluding tert-OH is 1. The van der Waals surface area contributed by atoms with Crippen LogP contribution in [0.5, 0.6) is 5.75 Å². The molecule has 0 aliphatic rings. The van der Waals surface area contributed by atoms with Crippen LogP contribution in [0.1, 0.15) is 18.4 Å². The van der Waals surface area contributed by atoms with E-state index in [1.807, 2.05) is 43.0 Å². The summed E-state index contributed by atoms with van der Waals surface area (Å²) in [5.41, 5.74) is 1.21. The molecule has 0 bridgehead atoms. The number of hydrogen-bond acceptors (Lipinski definition) is 4. The maximum atomic E-state index is 9.78. The number of nitrogens with one attached hydrogen (secondary N) is 1. The summed E-state index contributed by atoms with van der Waals surface area (Å²) in [6, 6.07) is 7.87. The van der Waals surface area contributed by atoms with Crippen molar-refractivity contribution in [3.8, 4) is 5.75 Å². The van der Waals surface area contributed by atoms with Crippen molar-refractivity contribution in [2.45, 2.75) is 25.9 Å². The van der Waals surface area contributed by atoms with Gasteiger partial charge in [-0.05, 0) is 50.5 Å². The summed E-state index contributed by atoms with van der Waals surface area (Å²) in [6.45, 7) is 3.92. The predicted molar refractivity (Wildman–Crippen MR) is 83.2 cm³/mol. The highest BCUT2D eigenvalue weighted by Crippen LogP contribution is 2.11. The van der Waals surface area contributed by atoms with Crippen molar-refractivity contribution in [1.82, 2.24) is 5.32 Å². The number of aliphatic hydroxyl groups is 1. The van der Waals surface area contributed by atoms with Crippen molar-refractivity contribution in [2.24, 2.45) is 0 Å². The fourth-order valence-electron chi connectivity index (χ4n) is 1.65. The lowest BCUT2D eigenvalue weighted by molar-refractivity contribution is 0.106. The van der Waals surface area contributed by atoms with Gasteiger partial charge in [0.05, 0.1) is 0 Å². The average Bonchev–Trinajstić information content (AvgIpc) is 2.42. The standard InChI is InChI=1S/C15H25NO2S/c1-13-5-7-15(8-6-13)18-12-14(17)11-16-9-3-4-10-19-2/h5-8,14,16-17H,3-4,9-12H2,1-2H3. The first-order chi connectivity index (χ1) is 9.22. The lowest BCUT2D eigenvalue weighted by Gasteiger charge is -2.13. The molecule has 1 atom stereocenters. The zero-order valence-corrected chi connectivity index (χ0v) is 12.7. The molecule has 0 radical (unpaired) electrons. The molecule has 0 spiro atoms. The van der Waals surface area contributed by atoms with Crippen LogP contribution in [-0.2, 0) is 0 Å². The number of thioether (sulfide) groups is 1. The van der Waals surface area contributed by atoms with Gasteiger partial charge >= 0.3 is 0 Å². The third-order valence-electron chi connectivity index (χ3n) is 2.80. The highest BCUT2D eigenvalue weighted by molar-refractivity contribution is 7.98. The van der Waals surface area contributed by atoms with Gasteiger partial charge in [-0.3, -0.25) is 0 Å². The molecule has 0 aliphatic heterocycles. The lowest BCUT2D eigenvalue weighted by Crippen LogP contribution is -2.32. The fraction of sp³-hybridized carbons (Fsp3) is 0.600. The van der Waals surface area contributed by atoms with Gasteiger partial charge in [0.15, 0.2) is 0 Å². The van der Waals surface area contributed by atoms with E-state index < -0.39 is 6.10 Å². The number of benzene rings is 1. The Balaban J connectivity index is 2.04. The summed E-state index contributed by atoms with van der Waals surface area (Å²) in [5.74, 6) is 2.02. The van der Waals surface area contributed by atoms with E-state index in [-0.39, 0.29) is 0 Å². The molecule has 0 heterocycles. The van der Waals surface area contributed by atoms with Gasteiger partial charge in [0.1, 0.15) is 18.5 Å². The Hall–Kier alpha value is -0.710. The van der Waals surface area contributed by atoms with Crippen molar-refractivity contribution < 1.29 is 9.84 Å². The van der Waals surface area contributed by atoms with Gasteiger partial charge in [-0.2, -0.15) is 11.8 Å². The van der Waals surface area contributed by atoms with Crippen molar-refractivity contribution in [3.63, 3.8) is 0 Å². The SMILES string of the molecule is CSCCCCNCC(O)COc1ccc(C)cc1. The molecule has 0 amide bonds. The summed E-state index contributed by atoms with van der Waals surface area (Å²) in [7, 11) is 0. The van der Waals surface area contributed by atoms with E-state index in [4.69, 9.17) is 4.74 Å². The molecule has 0 aromatic heterocycles. The fourth-order valence-corrected chi connectivity index (χ4v) is 2.14. The Labute approximate surface area is 120 Å². The molecule has 1 rings (SSSR count). The second-order valence-electron chi connectivity index (χ2n) is 4.68. The monoisotopic (exact) mass is 283 g/mol. The van der Waals surface area contributed by atoms with E-state index in [2.05, 4.69) is 11.6 Å². The van der Waals surface area contributed by atoms with Crippen LogP contribution in [0.4, 0.5) is 0 Å². The summed E-state index contributed by atoms with van der Waals surface area (Å²) in [5, 5.41) is 13.0. The highest BCUT2D eigenvalue weighted by atomic mass is 32.2. The molecule has 0 aliphatic carbocycles. The van der Waals surface area contributed by atoms with Crippen LogP contribution in [0, 0.1) is 6.92 Å². The Kier molecular flexibility index (Phi) is 8.71. The molecule has 19 heavy (non-hydrogen) atoms. The van der Waals surface area contributed by atoms with Crippen LogP contribution in [0.15, 0.2) is 24.3 Å². The van der Waals surface area contributed by atoms with Crippen LogP contribution in [0.25, 0.3) is 0 Å². The topological polar surface area (TPSA) is 41.5 Å². The Bertz CT molecular complexity index is 329. The average molecular weight is 283 g/mol. The molecule has 0 saturated carbocycles. The lowest BCUT2D eigenvalue weighted by atomic mass is 10.2. The molecule has 0 saturated heterocycles. The summed E-state index contributed by atoms with van der Waals surface area (Å²) in [4.78, 5) is 0. The van der Waals surface area contributed by atoms with Gasteiger partial charge in [-0.25, -0.2) is 0 Å². The Morgan fingerprint density at radius 2 is 2.00 bits per heavy atom. The first-order valence-corrected chi connectivity index (χ1v) is 8.19. The summed E-state index contributed by atoms with van der Waals surface area (Å²) < 4.78 is 5.53. The first-order valence-electron chi connectivity index (χ1n) is 6.79. The number of unbranched alkanes of at least 4 members (excludes halogenated alkanes) is 1. The second-order valence-corrected chi connectivity index (χ2v) is 5.67. The third kappa shape index (κ3) is 8.14. The zero-order chi connectivity index (χ0) is 13.9. The molecule has 4 heteroatoms. The van der Waals surface area contributed by atoms with E-state index in [0.29, 0.717) is 13.2 Å². The largest absolute Gasteiger partial charge is 0.491 e. The van der Waals surface area contributed by atoms with Crippen LogP contribution in [0.3, 0.4) is 0 Å². The van der Waals surface area contributed by atoms with Gasteiger partial charge in [0.2, 0.25) is 0 Å². The summed E-state index contributed by atoms with van der Waals surface area (Å²) in [6.07, 6.45) is 4.05. The van der Waals surface area contributed by atoms with Crippen LogP contribution < -0.4 is 10.1 Å². The highest BCUT2D eigenvalue weighted by Gasteiger charge is 2.04. The number of rotatable bonds is 10. The van der Waals surface area contributed by atoms with E-state index in [1.165, 1.54) is 17.7 Å². The zero-order valence-electron chi connectivity index (χ0n) is 11.9. The van der Waals surface area contributed by atoms with E-state index in [0.717, 1.165) is 18.7 Å². The first kappa shape index (κ1) is 16.3. The normalized spacial score (nSPS) is 12.4. The molecule has 3 nitrogen and oxygen atoms in total. The second kappa shape index (κ2) is 10.1. The molecule has 1 unspecified atom stereocenters. The minimum atomic E-state index is -0.457. The predicted octanol–water partition coefficient (Wildman–Crippen LogP) is 2.47. The van der Waals surface area contributed by atoms with E-state index in [9.17, 15) is 5.11 Å². The van der Waals surface area contributed by atoms with Crippen molar-refractivity contribution in [2.75, 3.05) is 31.7 Å².